The lowest BCUT2D eigenvalue weighted by Crippen LogP contribution is -2.42. The monoisotopic (exact) mass is 203 g/mol. The Morgan fingerprint density at radius 3 is 2.36 bits per heavy atom. The summed E-state index contributed by atoms with van der Waals surface area (Å²) in [6.07, 6.45) is 0.619. The van der Waals surface area contributed by atoms with Crippen LogP contribution in [0.5, 0.6) is 0 Å². The lowest BCUT2D eigenvalue weighted by Gasteiger charge is -2.25. The van der Waals surface area contributed by atoms with E-state index in [0.717, 1.165) is 6.42 Å². The van der Waals surface area contributed by atoms with Crippen molar-refractivity contribution in [3.63, 3.8) is 0 Å². The maximum absolute atomic E-state index is 9.79. The number of methoxy groups -OCH3 is 1. The van der Waals surface area contributed by atoms with E-state index in [4.69, 9.17) is 4.74 Å². The SMILES string of the molecule is COCCC(C)C(O)CNC(C)(C)C. The van der Waals surface area contributed by atoms with E-state index in [1.807, 2.05) is 6.92 Å². The van der Waals surface area contributed by atoms with Crippen molar-refractivity contribution in [2.24, 2.45) is 5.92 Å². The summed E-state index contributed by atoms with van der Waals surface area (Å²) in [4.78, 5) is 0. The van der Waals surface area contributed by atoms with Gasteiger partial charge in [-0.05, 0) is 33.1 Å². The molecule has 0 saturated heterocycles. The Labute approximate surface area is 87.8 Å². The second-order valence-electron chi connectivity index (χ2n) is 4.96. The van der Waals surface area contributed by atoms with Crippen molar-refractivity contribution >= 4 is 0 Å². The standard InChI is InChI=1S/C11H25NO2/c1-9(6-7-14-5)10(13)8-12-11(2,3)4/h9-10,12-13H,6-8H2,1-5H3. The normalized spacial score (nSPS) is 16.7. The Kier molecular flexibility index (Phi) is 6.33. The number of hydrogen-bond acceptors (Lipinski definition) is 3. The van der Waals surface area contributed by atoms with E-state index in [-0.39, 0.29) is 17.6 Å². The van der Waals surface area contributed by atoms with Gasteiger partial charge in [0.25, 0.3) is 0 Å². The summed E-state index contributed by atoms with van der Waals surface area (Å²) in [7, 11) is 1.69. The molecule has 0 bridgehead atoms. The van der Waals surface area contributed by atoms with Gasteiger partial charge in [0.15, 0.2) is 0 Å². The fourth-order valence-electron chi connectivity index (χ4n) is 1.11. The minimum absolute atomic E-state index is 0.0714. The summed E-state index contributed by atoms with van der Waals surface area (Å²) in [6.45, 7) is 9.70. The molecule has 3 heteroatoms. The zero-order valence-corrected chi connectivity index (χ0v) is 10.1. The van der Waals surface area contributed by atoms with E-state index < -0.39 is 0 Å². The lowest BCUT2D eigenvalue weighted by atomic mass is 10.00. The second kappa shape index (κ2) is 6.38. The van der Waals surface area contributed by atoms with Crippen LogP contribution in [0.15, 0.2) is 0 Å². The van der Waals surface area contributed by atoms with E-state index in [0.29, 0.717) is 13.2 Å². The fourth-order valence-corrected chi connectivity index (χ4v) is 1.11. The molecule has 2 N–H and O–H groups in total. The minimum atomic E-state index is -0.288. The average molecular weight is 203 g/mol. The van der Waals surface area contributed by atoms with Gasteiger partial charge in [0.2, 0.25) is 0 Å². The largest absolute Gasteiger partial charge is 0.392 e. The van der Waals surface area contributed by atoms with Crippen molar-refractivity contribution in [2.75, 3.05) is 20.3 Å². The molecule has 0 saturated carbocycles. The van der Waals surface area contributed by atoms with Crippen LogP contribution in [-0.2, 0) is 4.74 Å². The first-order chi connectivity index (χ1) is 6.37. The third kappa shape index (κ3) is 7.30. The third-order valence-electron chi connectivity index (χ3n) is 2.28. The zero-order valence-electron chi connectivity index (χ0n) is 10.1. The summed E-state index contributed by atoms with van der Waals surface area (Å²) >= 11 is 0. The van der Waals surface area contributed by atoms with Crippen LogP contribution in [0.25, 0.3) is 0 Å². The van der Waals surface area contributed by atoms with Gasteiger partial charge in [0, 0.05) is 25.8 Å². The van der Waals surface area contributed by atoms with Gasteiger partial charge in [0.1, 0.15) is 0 Å². The van der Waals surface area contributed by atoms with Crippen LogP contribution < -0.4 is 5.32 Å². The summed E-state index contributed by atoms with van der Waals surface area (Å²) in [5.74, 6) is 0.282. The second-order valence-corrected chi connectivity index (χ2v) is 4.96. The smallest absolute Gasteiger partial charge is 0.0691 e. The van der Waals surface area contributed by atoms with Gasteiger partial charge in [-0.1, -0.05) is 6.92 Å². The Morgan fingerprint density at radius 1 is 1.36 bits per heavy atom. The fraction of sp³-hybridized carbons (Fsp3) is 1.00. The highest BCUT2D eigenvalue weighted by Crippen LogP contribution is 2.09. The van der Waals surface area contributed by atoms with Gasteiger partial charge in [-0.3, -0.25) is 0 Å². The molecular weight excluding hydrogens is 178 g/mol. The predicted octanol–water partition coefficient (Wildman–Crippen LogP) is 1.41. The number of aliphatic hydroxyl groups is 1. The van der Waals surface area contributed by atoms with Gasteiger partial charge < -0.3 is 15.2 Å². The molecule has 0 aromatic heterocycles. The molecule has 0 aromatic carbocycles. The number of ether oxygens (including phenoxy) is 1. The molecule has 0 spiro atoms. The molecule has 2 atom stereocenters. The Hall–Kier alpha value is -0.120. The van der Waals surface area contributed by atoms with Crippen molar-refractivity contribution in [1.29, 1.82) is 0 Å². The van der Waals surface area contributed by atoms with Crippen molar-refractivity contribution in [3.8, 4) is 0 Å². The van der Waals surface area contributed by atoms with Gasteiger partial charge in [-0.2, -0.15) is 0 Å². The molecule has 3 nitrogen and oxygen atoms in total. The molecule has 0 rings (SSSR count). The summed E-state index contributed by atoms with van der Waals surface area (Å²) in [6, 6.07) is 0. The Balaban J connectivity index is 3.67. The molecule has 86 valence electrons. The molecule has 0 radical (unpaired) electrons. The molecule has 0 aliphatic heterocycles. The van der Waals surface area contributed by atoms with Crippen LogP contribution in [0.1, 0.15) is 34.1 Å². The van der Waals surface area contributed by atoms with Gasteiger partial charge in [-0.15, -0.1) is 0 Å². The third-order valence-corrected chi connectivity index (χ3v) is 2.28. The minimum Gasteiger partial charge on any atom is -0.392 e. The van der Waals surface area contributed by atoms with Gasteiger partial charge in [0.05, 0.1) is 6.10 Å². The predicted molar refractivity (Wildman–Crippen MR) is 59.4 cm³/mol. The van der Waals surface area contributed by atoms with E-state index >= 15 is 0 Å². The molecule has 2 unspecified atom stereocenters. The van der Waals surface area contributed by atoms with Crippen molar-refractivity contribution in [1.82, 2.24) is 5.32 Å². The molecular formula is C11H25NO2. The van der Waals surface area contributed by atoms with Crippen molar-refractivity contribution in [2.45, 2.75) is 45.8 Å². The van der Waals surface area contributed by atoms with Crippen LogP contribution in [0.3, 0.4) is 0 Å². The van der Waals surface area contributed by atoms with E-state index in [9.17, 15) is 5.11 Å². The van der Waals surface area contributed by atoms with Crippen LogP contribution in [0.2, 0.25) is 0 Å². The molecule has 0 aliphatic rings. The summed E-state index contributed by atoms with van der Waals surface area (Å²) in [5, 5.41) is 13.1. The summed E-state index contributed by atoms with van der Waals surface area (Å²) < 4.78 is 4.98. The highest BCUT2D eigenvalue weighted by atomic mass is 16.5. The van der Waals surface area contributed by atoms with E-state index in [2.05, 4.69) is 26.1 Å². The molecule has 14 heavy (non-hydrogen) atoms. The highest BCUT2D eigenvalue weighted by Gasteiger charge is 2.16. The van der Waals surface area contributed by atoms with Crippen LogP contribution in [0.4, 0.5) is 0 Å². The molecule has 0 heterocycles. The average Bonchev–Trinajstić information content (AvgIpc) is 2.09. The maximum atomic E-state index is 9.79. The first kappa shape index (κ1) is 13.9. The Morgan fingerprint density at radius 2 is 1.93 bits per heavy atom. The number of rotatable bonds is 6. The summed E-state index contributed by atoms with van der Waals surface area (Å²) in [5.41, 5.74) is 0.0714. The highest BCUT2D eigenvalue weighted by molar-refractivity contribution is 4.75. The van der Waals surface area contributed by atoms with Gasteiger partial charge >= 0.3 is 0 Å². The topological polar surface area (TPSA) is 41.5 Å². The van der Waals surface area contributed by atoms with Gasteiger partial charge in [-0.25, -0.2) is 0 Å². The molecule has 0 amide bonds. The van der Waals surface area contributed by atoms with Crippen molar-refractivity contribution in [3.05, 3.63) is 0 Å². The number of β-amino-alcohol motifs (C(OH)–C–C–N with tert-alkyl or cyclic N) is 1. The van der Waals surface area contributed by atoms with Crippen LogP contribution in [-0.4, -0.2) is 37.0 Å². The van der Waals surface area contributed by atoms with Crippen molar-refractivity contribution < 1.29 is 9.84 Å². The zero-order chi connectivity index (χ0) is 11.2. The quantitative estimate of drug-likeness (QED) is 0.686. The van der Waals surface area contributed by atoms with E-state index in [1.54, 1.807) is 7.11 Å². The number of nitrogens with one attached hydrogen (secondary N) is 1. The van der Waals surface area contributed by atoms with Crippen LogP contribution >= 0.6 is 0 Å². The Bertz CT molecular complexity index is 143. The first-order valence-corrected chi connectivity index (χ1v) is 5.29. The maximum Gasteiger partial charge on any atom is 0.0691 e. The number of hydrogen-bond donors (Lipinski definition) is 2. The molecule has 0 fully saturated rings. The molecule has 0 aromatic rings. The first-order valence-electron chi connectivity index (χ1n) is 5.29. The molecule has 0 aliphatic carbocycles. The van der Waals surface area contributed by atoms with Crippen LogP contribution in [0, 0.1) is 5.92 Å². The number of aliphatic hydroxyl groups excluding tert-OH is 1. The van der Waals surface area contributed by atoms with E-state index in [1.165, 1.54) is 0 Å². The lowest BCUT2D eigenvalue weighted by molar-refractivity contribution is 0.0827.